The molecule has 0 saturated carbocycles. The predicted molar refractivity (Wildman–Crippen MR) is 106 cm³/mol. The van der Waals surface area contributed by atoms with Gasteiger partial charge < -0.3 is 4.74 Å². The lowest BCUT2D eigenvalue weighted by Gasteiger charge is -2.09. The summed E-state index contributed by atoms with van der Waals surface area (Å²) in [6.07, 6.45) is 6.36. The quantitative estimate of drug-likeness (QED) is 0.252. The van der Waals surface area contributed by atoms with E-state index in [4.69, 9.17) is 17.0 Å². The van der Waals surface area contributed by atoms with Gasteiger partial charge in [-0.15, -0.1) is 0 Å². The first-order chi connectivity index (χ1) is 11.9. The lowest BCUT2D eigenvalue weighted by atomic mass is 10.0. The fraction of sp³-hybridized carbons (Fsp3) is 0.471. The standard InChI is InChI=1S/C17H22O4S4/c1-3-4-5-6-7-15-13(17(22)24-23-15)10-12-8-9-14(21-2)16(11-12)25(18,19)20/h8-9,11H,3-7,10H2,1-2H3,(H,18,19,20). The van der Waals surface area contributed by atoms with Crippen LogP contribution in [0.25, 0.3) is 0 Å². The van der Waals surface area contributed by atoms with Gasteiger partial charge in [-0.1, -0.05) is 65.2 Å². The minimum atomic E-state index is -4.33. The molecule has 2 rings (SSSR count). The summed E-state index contributed by atoms with van der Waals surface area (Å²) in [6.45, 7) is 2.19. The van der Waals surface area contributed by atoms with Gasteiger partial charge in [-0.3, -0.25) is 4.55 Å². The van der Waals surface area contributed by atoms with Gasteiger partial charge in [0.25, 0.3) is 10.1 Å². The van der Waals surface area contributed by atoms with Gasteiger partial charge in [0.15, 0.2) is 0 Å². The van der Waals surface area contributed by atoms with Crippen LogP contribution in [0.1, 0.15) is 48.6 Å². The van der Waals surface area contributed by atoms with Crippen molar-refractivity contribution >= 4 is 43.0 Å². The molecule has 0 bridgehead atoms. The molecule has 0 unspecified atom stereocenters. The predicted octanol–water partition coefficient (Wildman–Crippen LogP) is 5.51. The molecular formula is C17H22O4S4. The van der Waals surface area contributed by atoms with Gasteiger partial charge in [-0.05, 0) is 36.1 Å². The molecule has 8 heteroatoms. The summed E-state index contributed by atoms with van der Waals surface area (Å²) in [6, 6.07) is 4.84. The van der Waals surface area contributed by atoms with Crippen LogP contribution in [0.15, 0.2) is 23.1 Å². The van der Waals surface area contributed by atoms with E-state index in [1.54, 1.807) is 26.7 Å². The highest BCUT2D eigenvalue weighted by atomic mass is 32.9. The molecule has 1 aromatic heterocycles. The van der Waals surface area contributed by atoms with Crippen molar-refractivity contribution in [3.8, 4) is 5.75 Å². The molecule has 1 N–H and O–H groups in total. The fourth-order valence-electron chi connectivity index (χ4n) is 2.61. The van der Waals surface area contributed by atoms with Crippen LogP contribution in [-0.2, 0) is 23.0 Å². The molecule has 0 aliphatic rings. The Hall–Kier alpha value is -0.800. The summed E-state index contributed by atoms with van der Waals surface area (Å²) in [5.74, 6) is 0.137. The molecule has 4 nitrogen and oxygen atoms in total. The third kappa shape index (κ3) is 5.59. The molecule has 0 saturated heterocycles. The molecule has 0 amide bonds. The van der Waals surface area contributed by atoms with Crippen LogP contribution >= 0.6 is 32.9 Å². The first-order valence-corrected chi connectivity index (χ1v) is 12.1. The minimum Gasteiger partial charge on any atom is -0.495 e. The first kappa shape index (κ1) is 20.5. The molecule has 0 atom stereocenters. The van der Waals surface area contributed by atoms with Crippen LogP contribution in [0.2, 0.25) is 0 Å². The second-order valence-corrected chi connectivity index (χ2v) is 10.1. The molecular weight excluding hydrogens is 396 g/mol. The highest BCUT2D eigenvalue weighted by Crippen LogP contribution is 2.31. The number of methoxy groups -OCH3 is 1. The zero-order chi connectivity index (χ0) is 18.4. The van der Waals surface area contributed by atoms with E-state index in [1.807, 2.05) is 6.07 Å². The topological polar surface area (TPSA) is 63.6 Å². The number of aryl methyl sites for hydroxylation is 1. The number of rotatable bonds is 9. The number of ether oxygens (including phenoxy) is 1. The third-order valence-corrected chi connectivity index (χ3v) is 8.12. The van der Waals surface area contributed by atoms with Gasteiger partial charge in [0, 0.05) is 11.3 Å². The van der Waals surface area contributed by atoms with E-state index in [9.17, 15) is 13.0 Å². The second kappa shape index (κ2) is 9.23. The zero-order valence-electron chi connectivity index (χ0n) is 14.3. The van der Waals surface area contributed by atoms with Crippen molar-refractivity contribution in [2.24, 2.45) is 0 Å². The van der Waals surface area contributed by atoms with Crippen LogP contribution in [0, 0.1) is 3.82 Å². The Morgan fingerprint density at radius 1 is 1.20 bits per heavy atom. The van der Waals surface area contributed by atoms with Gasteiger partial charge in [0.2, 0.25) is 0 Å². The maximum Gasteiger partial charge on any atom is 0.298 e. The van der Waals surface area contributed by atoms with Crippen LogP contribution in [0.5, 0.6) is 5.75 Å². The maximum absolute atomic E-state index is 11.6. The van der Waals surface area contributed by atoms with E-state index >= 15 is 0 Å². The molecule has 1 heterocycles. The Morgan fingerprint density at radius 2 is 1.96 bits per heavy atom. The number of hydrogen-bond acceptors (Lipinski definition) is 6. The van der Waals surface area contributed by atoms with E-state index in [0.29, 0.717) is 6.42 Å². The lowest BCUT2D eigenvalue weighted by molar-refractivity contribution is 0.397. The van der Waals surface area contributed by atoms with Crippen molar-refractivity contribution in [2.75, 3.05) is 7.11 Å². The first-order valence-electron chi connectivity index (χ1n) is 8.12. The highest BCUT2D eigenvalue weighted by Gasteiger charge is 2.18. The molecule has 0 spiro atoms. The van der Waals surface area contributed by atoms with E-state index in [2.05, 4.69) is 6.92 Å². The van der Waals surface area contributed by atoms with E-state index in [0.717, 1.165) is 27.8 Å². The van der Waals surface area contributed by atoms with Gasteiger partial charge in [-0.2, -0.15) is 8.42 Å². The molecule has 0 radical (unpaired) electrons. The Bertz CT molecular complexity index is 865. The Kier molecular flexibility index (Phi) is 7.57. The second-order valence-electron chi connectivity index (χ2n) is 5.80. The van der Waals surface area contributed by atoms with Crippen molar-refractivity contribution < 1.29 is 17.7 Å². The van der Waals surface area contributed by atoms with Gasteiger partial charge in [0.1, 0.15) is 14.5 Å². The van der Waals surface area contributed by atoms with E-state index < -0.39 is 10.1 Å². The molecule has 138 valence electrons. The summed E-state index contributed by atoms with van der Waals surface area (Å²) in [5.41, 5.74) is 1.90. The SMILES string of the molecule is CCCCCCc1ssc(=S)c1Cc1ccc(OC)c(S(=O)(=O)O)c1. The van der Waals surface area contributed by atoms with Crippen molar-refractivity contribution in [3.63, 3.8) is 0 Å². The third-order valence-electron chi connectivity index (χ3n) is 3.95. The summed E-state index contributed by atoms with van der Waals surface area (Å²) in [4.78, 5) is 1.08. The summed E-state index contributed by atoms with van der Waals surface area (Å²) < 4.78 is 38.4. The van der Waals surface area contributed by atoms with Crippen molar-refractivity contribution in [1.82, 2.24) is 0 Å². The number of hydrogen-bond donors (Lipinski definition) is 1. The normalized spacial score (nSPS) is 11.6. The average molecular weight is 419 g/mol. The van der Waals surface area contributed by atoms with Crippen molar-refractivity contribution in [3.05, 3.63) is 38.0 Å². The maximum atomic E-state index is 11.6. The van der Waals surface area contributed by atoms with Gasteiger partial charge in [-0.25, -0.2) is 0 Å². The summed E-state index contributed by atoms with van der Waals surface area (Å²) in [7, 11) is 0.353. The Labute approximate surface area is 161 Å². The number of benzene rings is 1. The summed E-state index contributed by atoms with van der Waals surface area (Å²) >= 11 is 5.47. The van der Waals surface area contributed by atoms with Crippen molar-refractivity contribution in [1.29, 1.82) is 0 Å². The van der Waals surface area contributed by atoms with Gasteiger partial charge >= 0.3 is 0 Å². The lowest BCUT2D eigenvalue weighted by Crippen LogP contribution is -2.03. The largest absolute Gasteiger partial charge is 0.495 e. The number of unbranched alkanes of at least 4 members (excludes halogenated alkanes) is 3. The van der Waals surface area contributed by atoms with E-state index in [1.165, 1.54) is 37.3 Å². The van der Waals surface area contributed by atoms with Crippen LogP contribution in [-0.4, -0.2) is 20.1 Å². The van der Waals surface area contributed by atoms with Crippen LogP contribution in [0.3, 0.4) is 0 Å². The van der Waals surface area contributed by atoms with E-state index in [-0.39, 0.29) is 10.6 Å². The fourth-order valence-corrected chi connectivity index (χ4v) is 6.31. The van der Waals surface area contributed by atoms with Crippen LogP contribution < -0.4 is 4.74 Å². The minimum absolute atomic E-state index is 0.137. The zero-order valence-corrected chi connectivity index (χ0v) is 17.5. The highest BCUT2D eigenvalue weighted by molar-refractivity contribution is 7.86. The average Bonchev–Trinajstić information content (AvgIpc) is 2.91. The van der Waals surface area contributed by atoms with Crippen molar-refractivity contribution in [2.45, 2.75) is 50.3 Å². The Balaban J connectivity index is 2.25. The molecule has 1 aromatic carbocycles. The van der Waals surface area contributed by atoms with Gasteiger partial charge in [0.05, 0.1) is 7.11 Å². The molecule has 0 fully saturated rings. The monoisotopic (exact) mass is 418 g/mol. The molecule has 0 aliphatic carbocycles. The molecule has 2 aromatic rings. The molecule has 25 heavy (non-hydrogen) atoms. The summed E-state index contributed by atoms with van der Waals surface area (Å²) in [5, 5.41) is 0. The Morgan fingerprint density at radius 3 is 2.60 bits per heavy atom. The smallest absolute Gasteiger partial charge is 0.298 e. The molecule has 0 aliphatic heterocycles. The van der Waals surface area contributed by atoms with Crippen LogP contribution in [0.4, 0.5) is 0 Å².